The quantitative estimate of drug-likeness (QED) is 0.230. The van der Waals surface area contributed by atoms with Crippen LogP contribution in [0.15, 0.2) is 55.4 Å². The van der Waals surface area contributed by atoms with Gasteiger partial charge in [-0.05, 0) is 61.9 Å². The smallest absolute Gasteiger partial charge is 0.259 e. The van der Waals surface area contributed by atoms with Gasteiger partial charge in [-0.3, -0.25) is 24.1 Å². The Hall–Kier alpha value is -4.43. The highest BCUT2D eigenvalue weighted by atomic mass is 35.5. The second kappa shape index (κ2) is 13.6. The van der Waals surface area contributed by atoms with Gasteiger partial charge in [-0.25, -0.2) is 13.4 Å². The number of nitrogens with one attached hydrogen (secondary N) is 3. The Kier molecular flexibility index (Phi) is 9.70. The monoisotopic (exact) mass is 738 g/mol. The van der Waals surface area contributed by atoms with Crippen LogP contribution in [0.2, 0.25) is 5.02 Å². The van der Waals surface area contributed by atoms with Crippen LogP contribution in [-0.4, -0.2) is 83.6 Å². The summed E-state index contributed by atoms with van der Waals surface area (Å²) >= 11 is 6.34. The largest absolute Gasteiger partial charge is 0.494 e. The van der Waals surface area contributed by atoms with Crippen LogP contribution in [0.1, 0.15) is 52.1 Å². The lowest BCUT2D eigenvalue weighted by atomic mass is 9.85. The molecule has 13 nitrogen and oxygen atoms in total. The number of hydrogen-bond donors (Lipinski definition) is 3. The number of fused-ring (bicyclic) bond motifs is 1. The van der Waals surface area contributed by atoms with Crippen LogP contribution in [0.25, 0.3) is 10.8 Å². The minimum atomic E-state index is -3.88. The Balaban J connectivity index is 1.32. The van der Waals surface area contributed by atoms with Gasteiger partial charge in [0.2, 0.25) is 27.7 Å². The molecule has 15 heteroatoms. The van der Waals surface area contributed by atoms with Crippen molar-refractivity contribution in [2.24, 2.45) is 11.3 Å². The van der Waals surface area contributed by atoms with Crippen LogP contribution in [-0.2, 0) is 24.4 Å². The highest BCUT2D eigenvalue weighted by Crippen LogP contribution is 2.46. The van der Waals surface area contributed by atoms with E-state index in [1.165, 1.54) is 24.3 Å². The summed E-state index contributed by atoms with van der Waals surface area (Å²) in [5.74, 6) is -1.52. The van der Waals surface area contributed by atoms with E-state index in [-0.39, 0.29) is 31.2 Å². The fourth-order valence-corrected chi connectivity index (χ4v) is 8.04. The normalized spacial score (nSPS) is 23.6. The van der Waals surface area contributed by atoms with Gasteiger partial charge in [0.15, 0.2) is 0 Å². The first kappa shape index (κ1) is 36.4. The van der Waals surface area contributed by atoms with Gasteiger partial charge in [0, 0.05) is 33.8 Å². The molecule has 0 spiro atoms. The third-order valence-electron chi connectivity index (χ3n) is 9.71. The fraction of sp³-hybridized carbons (Fsp3) is 0.472. The molecule has 3 heterocycles. The molecule has 1 aromatic carbocycles. The number of likely N-dealkylation sites (tertiary alicyclic amines) is 1. The first-order valence-electron chi connectivity index (χ1n) is 16.9. The molecule has 6 rings (SSSR count). The van der Waals surface area contributed by atoms with Gasteiger partial charge in [0.25, 0.3) is 5.91 Å². The number of amides is 3. The number of halogens is 1. The molecule has 1 saturated heterocycles. The molecule has 3 fully saturated rings. The van der Waals surface area contributed by atoms with E-state index in [1.54, 1.807) is 24.4 Å². The first-order valence-corrected chi connectivity index (χ1v) is 18.8. The van der Waals surface area contributed by atoms with Gasteiger partial charge >= 0.3 is 0 Å². The summed E-state index contributed by atoms with van der Waals surface area (Å²) in [5, 5.41) is 7.29. The minimum absolute atomic E-state index is 0.0211. The maximum Gasteiger partial charge on any atom is 0.259 e. The molecule has 3 aromatic rings. The van der Waals surface area contributed by atoms with Crippen molar-refractivity contribution in [3.8, 4) is 11.6 Å². The number of aromatic nitrogens is 2. The third kappa shape index (κ3) is 7.48. The zero-order valence-electron chi connectivity index (χ0n) is 29.2. The number of aryl methyl sites for hydroxylation is 1. The molecule has 2 aliphatic carbocycles. The number of methoxy groups -OCH3 is 1. The number of hydrogen-bond acceptors (Lipinski definition) is 10. The number of anilines is 1. The van der Waals surface area contributed by atoms with Gasteiger partial charge in [-0.1, -0.05) is 38.4 Å². The molecule has 0 radical (unpaired) electrons. The summed E-state index contributed by atoms with van der Waals surface area (Å²) in [6.45, 7) is 11.4. The molecule has 2 saturated carbocycles. The number of pyridine rings is 2. The zero-order chi connectivity index (χ0) is 36.9. The molecule has 1 unspecified atom stereocenters. The van der Waals surface area contributed by atoms with Gasteiger partial charge in [0.1, 0.15) is 29.5 Å². The lowest BCUT2D eigenvalue weighted by Gasteiger charge is -2.36. The molecule has 1 aliphatic heterocycles. The number of ether oxygens (including phenoxy) is 2. The summed E-state index contributed by atoms with van der Waals surface area (Å²) in [4.78, 5) is 52.7. The number of carbonyl (C=O) groups excluding carboxylic acids is 3. The summed E-state index contributed by atoms with van der Waals surface area (Å²) < 4.78 is 39.5. The van der Waals surface area contributed by atoms with Crippen LogP contribution >= 0.6 is 11.6 Å². The topological polar surface area (TPSA) is 169 Å². The van der Waals surface area contributed by atoms with Crippen molar-refractivity contribution in [2.45, 2.75) is 82.4 Å². The van der Waals surface area contributed by atoms with Gasteiger partial charge in [-0.15, -0.1) is 6.58 Å². The number of nitrogens with zero attached hydrogens (tertiary/aromatic N) is 3. The van der Waals surface area contributed by atoms with E-state index in [0.29, 0.717) is 40.1 Å². The van der Waals surface area contributed by atoms with E-state index in [9.17, 15) is 22.8 Å². The molecule has 5 atom stereocenters. The van der Waals surface area contributed by atoms with Crippen molar-refractivity contribution in [3.63, 3.8) is 0 Å². The molecular weight excluding hydrogens is 696 g/mol. The Morgan fingerprint density at radius 2 is 1.86 bits per heavy atom. The molecule has 3 N–H and O–H groups in total. The Bertz CT molecular complexity index is 1980. The fourth-order valence-electron chi connectivity index (χ4n) is 6.51. The van der Waals surface area contributed by atoms with Crippen molar-refractivity contribution < 1.29 is 32.3 Å². The second-order valence-corrected chi connectivity index (χ2v) is 17.0. The lowest BCUT2D eigenvalue weighted by molar-refractivity contribution is -0.141. The van der Waals surface area contributed by atoms with E-state index in [1.807, 2.05) is 39.8 Å². The summed E-state index contributed by atoms with van der Waals surface area (Å²) in [5.41, 5.74) is -0.687. The van der Waals surface area contributed by atoms with Gasteiger partial charge < -0.3 is 25.0 Å². The summed E-state index contributed by atoms with van der Waals surface area (Å²) in [6, 6.07) is 7.03. The minimum Gasteiger partial charge on any atom is -0.494 e. The predicted molar refractivity (Wildman–Crippen MR) is 193 cm³/mol. The molecule has 0 bridgehead atoms. The van der Waals surface area contributed by atoms with E-state index in [0.717, 1.165) is 5.69 Å². The van der Waals surface area contributed by atoms with E-state index in [2.05, 4.69) is 31.9 Å². The molecule has 3 amide bonds. The van der Waals surface area contributed by atoms with Crippen LogP contribution < -0.4 is 24.8 Å². The van der Waals surface area contributed by atoms with Crippen molar-refractivity contribution in [2.75, 3.05) is 19.0 Å². The maximum atomic E-state index is 14.6. The highest BCUT2D eigenvalue weighted by molar-refractivity contribution is 7.91. The predicted octanol–water partition coefficient (Wildman–Crippen LogP) is 4.14. The van der Waals surface area contributed by atoms with Crippen molar-refractivity contribution >= 4 is 55.8 Å². The van der Waals surface area contributed by atoms with Gasteiger partial charge in [0.05, 0.1) is 37.0 Å². The second-order valence-electron chi connectivity index (χ2n) is 14.6. The third-order valence-corrected chi connectivity index (χ3v) is 11.8. The summed E-state index contributed by atoms with van der Waals surface area (Å²) in [7, 11) is -2.34. The average molecular weight is 739 g/mol. The highest BCUT2D eigenvalue weighted by Gasteiger charge is 2.62. The standard InChI is InChI=1S/C36H43ClN6O7S/c1-7-21-16-36(21,34(46)42-51(47,48)25-11-12-25)41-31(44)28-15-24(50-32-27-14-22(37)9-13-26(27)29(49-6)18-39-32)19-43(28)33(45)30(35(3,4)5)40-23-10-8-20(2)38-17-23/h7-10,13-14,17-18,21,24-25,28,30,40H,1,11-12,15-16,19H2,2-6H3,(H,41,44)(H,42,46)/t21-,24-,28+,30?,36-/m1/s1. The maximum absolute atomic E-state index is 14.6. The molecule has 2 aromatic heterocycles. The molecule has 51 heavy (non-hydrogen) atoms. The Morgan fingerprint density at radius 3 is 2.47 bits per heavy atom. The number of benzene rings is 1. The average Bonchev–Trinajstić information content (AvgIpc) is 4.00. The van der Waals surface area contributed by atoms with Crippen molar-refractivity contribution in [1.82, 2.24) is 24.9 Å². The lowest BCUT2D eigenvalue weighted by Crippen LogP contribution is -2.58. The van der Waals surface area contributed by atoms with E-state index < -0.39 is 62.1 Å². The van der Waals surface area contributed by atoms with E-state index in [4.69, 9.17) is 21.1 Å². The van der Waals surface area contributed by atoms with Gasteiger partial charge in [-0.2, -0.15) is 0 Å². The van der Waals surface area contributed by atoms with Crippen LogP contribution in [0.3, 0.4) is 0 Å². The van der Waals surface area contributed by atoms with Crippen molar-refractivity contribution in [3.05, 3.63) is 66.1 Å². The zero-order valence-corrected chi connectivity index (χ0v) is 30.8. The van der Waals surface area contributed by atoms with Crippen LogP contribution in [0.4, 0.5) is 5.69 Å². The molecule has 272 valence electrons. The SMILES string of the molecule is C=C[C@@H]1C[C@]1(NC(=O)[C@@H]1C[C@@H](Oc2ncc(OC)c3ccc(Cl)cc23)CN1C(=O)C(Nc1ccc(C)nc1)C(C)(C)C)C(=O)NS(=O)(=O)C1CC1. The van der Waals surface area contributed by atoms with Crippen molar-refractivity contribution in [1.29, 1.82) is 0 Å². The molecular formula is C36H43ClN6O7S. The summed E-state index contributed by atoms with van der Waals surface area (Å²) in [6.07, 6.45) is 5.19. The van der Waals surface area contributed by atoms with Crippen LogP contribution in [0, 0.1) is 18.3 Å². The molecule has 3 aliphatic rings. The van der Waals surface area contributed by atoms with E-state index >= 15 is 0 Å². The number of sulfonamides is 1. The Labute approximate surface area is 302 Å². The first-order chi connectivity index (χ1) is 24.1. The number of rotatable bonds is 12. The van der Waals surface area contributed by atoms with Crippen LogP contribution in [0.5, 0.6) is 11.6 Å². The Morgan fingerprint density at radius 1 is 1.12 bits per heavy atom. The number of carbonyl (C=O) groups is 3.